The van der Waals surface area contributed by atoms with Crippen LogP contribution in [0.25, 0.3) is 6.08 Å². The molecule has 4 nitrogen and oxygen atoms in total. The summed E-state index contributed by atoms with van der Waals surface area (Å²) in [7, 11) is 0. The van der Waals surface area contributed by atoms with Crippen molar-refractivity contribution >= 4 is 34.2 Å². The summed E-state index contributed by atoms with van der Waals surface area (Å²) in [4.78, 5) is 24.9. The molecule has 1 aromatic heterocycles. The van der Waals surface area contributed by atoms with Crippen molar-refractivity contribution in [3.63, 3.8) is 0 Å². The van der Waals surface area contributed by atoms with Crippen molar-refractivity contribution in [2.24, 2.45) is 5.73 Å². The fourth-order valence-corrected chi connectivity index (χ4v) is 3.82. The number of anilines is 1. The third-order valence-corrected chi connectivity index (χ3v) is 5.14. The summed E-state index contributed by atoms with van der Waals surface area (Å²) in [6, 6.07) is 8.09. The number of aryl methyl sites for hydroxylation is 1. The van der Waals surface area contributed by atoms with Crippen LogP contribution < -0.4 is 11.1 Å². The summed E-state index contributed by atoms with van der Waals surface area (Å²) < 4.78 is 0. The van der Waals surface area contributed by atoms with Crippen molar-refractivity contribution in [1.82, 2.24) is 0 Å². The maximum atomic E-state index is 12.2. The quantitative estimate of drug-likeness (QED) is 0.748. The van der Waals surface area contributed by atoms with Crippen LogP contribution in [0.1, 0.15) is 58.6 Å². The molecule has 2 amide bonds. The number of hydrogen-bond acceptors (Lipinski definition) is 3. The lowest BCUT2D eigenvalue weighted by atomic mass is 10.0. The van der Waals surface area contributed by atoms with Gasteiger partial charge in [0.1, 0.15) is 5.00 Å². The number of carbonyl (C=O) groups is 2. The maximum absolute atomic E-state index is 12.2. The minimum absolute atomic E-state index is 0.278. The van der Waals surface area contributed by atoms with E-state index in [-0.39, 0.29) is 5.91 Å². The molecule has 132 valence electrons. The third-order valence-electron chi connectivity index (χ3n) is 4.08. The predicted octanol–water partition coefficient (Wildman–Crippen LogP) is 4.49. The van der Waals surface area contributed by atoms with Crippen LogP contribution in [-0.4, -0.2) is 11.8 Å². The van der Waals surface area contributed by atoms with Gasteiger partial charge in [-0.15, -0.1) is 11.3 Å². The Kier molecular flexibility index (Phi) is 6.15. The normalized spacial score (nSPS) is 11.2. The van der Waals surface area contributed by atoms with E-state index >= 15 is 0 Å². The molecule has 0 spiro atoms. The number of rotatable bonds is 6. The van der Waals surface area contributed by atoms with E-state index in [0.717, 1.165) is 16.0 Å². The highest BCUT2D eigenvalue weighted by Crippen LogP contribution is 2.33. The molecule has 1 heterocycles. The molecular formula is C20H24N2O2S. The van der Waals surface area contributed by atoms with Crippen LogP contribution in [-0.2, 0) is 11.2 Å². The first-order valence-electron chi connectivity index (χ1n) is 8.34. The number of benzene rings is 1. The Labute approximate surface area is 152 Å². The Morgan fingerprint density at radius 2 is 1.88 bits per heavy atom. The van der Waals surface area contributed by atoms with Crippen LogP contribution in [0, 0.1) is 6.92 Å². The molecule has 0 radical (unpaired) electrons. The topological polar surface area (TPSA) is 72.2 Å². The Bertz CT molecular complexity index is 802. The van der Waals surface area contributed by atoms with E-state index in [2.05, 4.69) is 31.3 Å². The summed E-state index contributed by atoms with van der Waals surface area (Å²) in [6.45, 7) is 8.18. The molecule has 0 aliphatic rings. The third kappa shape index (κ3) is 4.57. The van der Waals surface area contributed by atoms with Crippen LogP contribution >= 0.6 is 11.3 Å². The lowest BCUT2D eigenvalue weighted by Crippen LogP contribution is -2.16. The first-order valence-corrected chi connectivity index (χ1v) is 9.16. The molecule has 0 aliphatic heterocycles. The molecular weight excluding hydrogens is 332 g/mol. The van der Waals surface area contributed by atoms with Gasteiger partial charge in [-0.25, -0.2) is 0 Å². The average Bonchev–Trinajstić information content (AvgIpc) is 2.88. The molecule has 0 bridgehead atoms. The van der Waals surface area contributed by atoms with Gasteiger partial charge in [0.25, 0.3) is 5.91 Å². The van der Waals surface area contributed by atoms with E-state index in [1.165, 1.54) is 23.0 Å². The first-order chi connectivity index (χ1) is 11.8. The molecule has 2 aromatic rings. The van der Waals surface area contributed by atoms with E-state index in [4.69, 9.17) is 5.73 Å². The van der Waals surface area contributed by atoms with Gasteiger partial charge in [0, 0.05) is 11.0 Å². The number of thiophene rings is 1. The molecule has 0 unspecified atom stereocenters. The van der Waals surface area contributed by atoms with Gasteiger partial charge in [-0.3, -0.25) is 9.59 Å². The predicted molar refractivity (Wildman–Crippen MR) is 105 cm³/mol. The van der Waals surface area contributed by atoms with Crippen molar-refractivity contribution in [1.29, 1.82) is 0 Å². The van der Waals surface area contributed by atoms with E-state index in [9.17, 15) is 9.59 Å². The number of amides is 2. The molecule has 2 rings (SSSR count). The van der Waals surface area contributed by atoms with E-state index in [1.54, 1.807) is 6.08 Å². The summed E-state index contributed by atoms with van der Waals surface area (Å²) >= 11 is 1.38. The number of primary amides is 1. The molecule has 5 heteroatoms. The van der Waals surface area contributed by atoms with Crippen LogP contribution in [0.4, 0.5) is 5.00 Å². The molecule has 3 N–H and O–H groups in total. The summed E-state index contributed by atoms with van der Waals surface area (Å²) in [6.07, 6.45) is 3.93. The minimum atomic E-state index is -0.509. The highest BCUT2D eigenvalue weighted by molar-refractivity contribution is 7.16. The van der Waals surface area contributed by atoms with Crippen molar-refractivity contribution in [2.75, 3.05) is 5.32 Å². The summed E-state index contributed by atoms with van der Waals surface area (Å²) in [5.74, 6) is -0.313. The Balaban J connectivity index is 2.13. The summed E-state index contributed by atoms with van der Waals surface area (Å²) in [5.41, 5.74) is 9.02. The summed E-state index contributed by atoms with van der Waals surface area (Å²) in [5, 5.41) is 3.30. The molecule has 0 saturated carbocycles. The van der Waals surface area contributed by atoms with Gasteiger partial charge >= 0.3 is 0 Å². The van der Waals surface area contributed by atoms with Crippen molar-refractivity contribution in [2.45, 2.75) is 40.0 Å². The Morgan fingerprint density at radius 3 is 2.40 bits per heavy atom. The van der Waals surface area contributed by atoms with Crippen molar-refractivity contribution in [3.8, 4) is 0 Å². The van der Waals surface area contributed by atoms with Gasteiger partial charge in [0.05, 0.1) is 5.56 Å². The number of nitrogens with two attached hydrogens (primary N) is 1. The van der Waals surface area contributed by atoms with Gasteiger partial charge < -0.3 is 11.1 Å². The number of carbonyl (C=O) groups excluding carboxylic acids is 2. The molecule has 0 saturated heterocycles. The Hall–Kier alpha value is -2.40. The molecule has 0 aliphatic carbocycles. The molecule has 25 heavy (non-hydrogen) atoms. The highest BCUT2D eigenvalue weighted by atomic mass is 32.1. The van der Waals surface area contributed by atoms with E-state index in [1.807, 2.05) is 26.0 Å². The van der Waals surface area contributed by atoms with E-state index < -0.39 is 5.91 Å². The first kappa shape index (κ1) is 18.9. The second-order valence-corrected chi connectivity index (χ2v) is 7.43. The fraction of sp³-hybridized carbons (Fsp3) is 0.300. The van der Waals surface area contributed by atoms with Gasteiger partial charge in [-0.2, -0.15) is 0 Å². The SMILES string of the molecule is CCc1c(C)sc(NC(=O)C=Cc2ccc(C(C)C)cc2)c1C(N)=O. The molecule has 1 aromatic carbocycles. The lowest BCUT2D eigenvalue weighted by Gasteiger charge is -2.05. The average molecular weight is 356 g/mol. The smallest absolute Gasteiger partial charge is 0.251 e. The maximum Gasteiger partial charge on any atom is 0.251 e. The Morgan fingerprint density at radius 1 is 1.24 bits per heavy atom. The molecule has 0 fully saturated rings. The second-order valence-electron chi connectivity index (χ2n) is 6.20. The van der Waals surface area contributed by atoms with Gasteiger partial charge in [0.2, 0.25) is 5.91 Å². The standard InChI is InChI=1S/C20H24N2O2S/c1-5-16-13(4)25-20(18(16)19(21)24)22-17(23)11-8-14-6-9-15(10-7-14)12(2)3/h6-12H,5H2,1-4H3,(H2,21,24)(H,22,23). The zero-order chi connectivity index (χ0) is 18.6. The number of nitrogens with one attached hydrogen (secondary N) is 1. The van der Waals surface area contributed by atoms with Gasteiger partial charge in [-0.05, 0) is 42.0 Å². The minimum Gasteiger partial charge on any atom is -0.365 e. The zero-order valence-corrected chi connectivity index (χ0v) is 15.9. The van der Waals surface area contributed by atoms with Crippen LogP contribution in [0.3, 0.4) is 0 Å². The zero-order valence-electron chi connectivity index (χ0n) is 15.1. The van der Waals surface area contributed by atoms with Crippen molar-refractivity contribution in [3.05, 3.63) is 57.5 Å². The van der Waals surface area contributed by atoms with Crippen LogP contribution in [0.15, 0.2) is 30.3 Å². The van der Waals surface area contributed by atoms with Gasteiger partial charge in [-0.1, -0.05) is 45.0 Å². The van der Waals surface area contributed by atoms with Crippen molar-refractivity contribution < 1.29 is 9.59 Å². The highest BCUT2D eigenvalue weighted by Gasteiger charge is 2.19. The largest absolute Gasteiger partial charge is 0.365 e. The van der Waals surface area contributed by atoms with Crippen LogP contribution in [0.2, 0.25) is 0 Å². The van der Waals surface area contributed by atoms with Gasteiger partial charge in [0.15, 0.2) is 0 Å². The molecule has 0 atom stereocenters. The fourth-order valence-electron chi connectivity index (χ4n) is 2.67. The number of hydrogen-bond donors (Lipinski definition) is 2. The lowest BCUT2D eigenvalue weighted by molar-refractivity contribution is -0.111. The monoisotopic (exact) mass is 356 g/mol. The van der Waals surface area contributed by atoms with Crippen LogP contribution in [0.5, 0.6) is 0 Å². The second kappa shape index (κ2) is 8.12. The van der Waals surface area contributed by atoms with E-state index in [0.29, 0.717) is 22.9 Å².